The van der Waals surface area contributed by atoms with Crippen molar-refractivity contribution in [2.45, 2.75) is 5.16 Å². The third-order valence-electron chi connectivity index (χ3n) is 4.07. The summed E-state index contributed by atoms with van der Waals surface area (Å²) in [5.74, 6) is 0.246. The van der Waals surface area contributed by atoms with Gasteiger partial charge in [-0.15, -0.1) is 0 Å². The Kier molecular flexibility index (Phi) is 4.73. The van der Waals surface area contributed by atoms with E-state index in [-0.39, 0.29) is 11.7 Å². The number of imidazole rings is 1. The molecule has 0 saturated heterocycles. The van der Waals surface area contributed by atoms with Crippen LogP contribution in [0.25, 0.3) is 27.6 Å². The summed E-state index contributed by atoms with van der Waals surface area (Å²) in [5.41, 5.74) is 3.64. The molecule has 0 aliphatic rings. The Morgan fingerprint density at radius 3 is 2.73 bits per heavy atom. The molecule has 0 unspecified atom stereocenters. The zero-order valence-corrected chi connectivity index (χ0v) is 15.1. The first-order valence-corrected chi connectivity index (χ1v) is 9.31. The van der Waals surface area contributed by atoms with Crippen molar-refractivity contribution in [1.29, 1.82) is 0 Å². The SMILES string of the molecule is COCCNC(=O)CSc1nc2ccccc2c2nc3ccccc3n12. The van der Waals surface area contributed by atoms with Gasteiger partial charge < -0.3 is 10.1 Å². The van der Waals surface area contributed by atoms with Gasteiger partial charge in [0.05, 0.1) is 28.9 Å². The Balaban J connectivity index is 1.76. The third-order valence-corrected chi connectivity index (χ3v) is 5.01. The highest BCUT2D eigenvalue weighted by atomic mass is 32.2. The van der Waals surface area contributed by atoms with Gasteiger partial charge in [-0.3, -0.25) is 9.20 Å². The topological polar surface area (TPSA) is 68.5 Å². The molecule has 0 spiro atoms. The number of hydrogen-bond donors (Lipinski definition) is 1. The lowest BCUT2D eigenvalue weighted by atomic mass is 10.2. The van der Waals surface area contributed by atoms with E-state index in [0.29, 0.717) is 13.2 Å². The Bertz CT molecular complexity index is 1090. The minimum Gasteiger partial charge on any atom is -0.383 e. The summed E-state index contributed by atoms with van der Waals surface area (Å²) in [5, 5.41) is 4.59. The van der Waals surface area contributed by atoms with Gasteiger partial charge in [0.15, 0.2) is 5.16 Å². The second kappa shape index (κ2) is 7.31. The number of fused-ring (bicyclic) bond motifs is 5. The number of carbonyl (C=O) groups excluding carboxylic acids is 1. The molecule has 4 aromatic rings. The molecule has 2 aromatic carbocycles. The van der Waals surface area contributed by atoms with Gasteiger partial charge in [0.25, 0.3) is 0 Å². The van der Waals surface area contributed by atoms with Gasteiger partial charge in [-0.1, -0.05) is 36.0 Å². The largest absolute Gasteiger partial charge is 0.383 e. The first kappa shape index (κ1) is 16.8. The van der Waals surface area contributed by atoms with Crippen LogP contribution in [0.4, 0.5) is 0 Å². The standard InChI is InChI=1S/C19H18N4O2S/c1-25-11-10-20-17(24)12-26-19-22-14-7-3-2-6-13(14)18-21-15-8-4-5-9-16(15)23(18)19/h2-9H,10-12H2,1H3,(H,20,24). The molecule has 1 N–H and O–H groups in total. The number of rotatable bonds is 6. The van der Waals surface area contributed by atoms with Crippen LogP contribution in [0.3, 0.4) is 0 Å². The van der Waals surface area contributed by atoms with E-state index < -0.39 is 0 Å². The predicted octanol–water partition coefficient (Wildman–Crippen LogP) is 2.89. The first-order valence-electron chi connectivity index (χ1n) is 8.32. The van der Waals surface area contributed by atoms with E-state index in [1.165, 1.54) is 11.8 Å². The minimum absolute atomic E-state index is 0.0421. The second-order valence-electron chi connectivity index (χ2n) is 5.80. The number of para-hydroxylation sites is 3. The predicted molar refractivity (Wildman–Crippen MR) is 104 cm³/mol. The van der Waals surface area contributed by atoms with Gasteiger partial charge in [-0.05, 0) is 24.3 Å². The van der Waals surface area contributed by atoms with Crippen LogP contribution in [-0.4, -0.2) is 46.3 Å². The smallest absolute Gasteiger partial charge is 0.230 e. The Hall–Kier alpha value is -2.64. The second-order valence-corrected chi connectivity index (χ2v) is 6.74. The molecule has 2 heterocycles. The Morgan fingerprint density at radius 2 is 1.88 bits per heavy atom. The number of methoxy groups -OCH3 is 1. The van der Waals surface area contributed by atoms with E-state index >= 15 is 0 Å². The molecule has 0 aliphatic carbocycles. The molecule has 7 heteroatoms. The van der Waals surface area contributed by atoms with Crippen LogP contribution in [-0.2, 0) is 9.53 Å². The molecule has 2 aromatic heterocycles. The van der Waals surface area contributed by atoms with Crippen LogP contribution in [0, 0.1) is 0 Å². The molecular formula is C19H18N4O2S. The number of benzene rings is 2. The molecule has 26 heavy (non-hydrogen) atoms. The first-order chi connectivity index (χ1) is 12.8. The van der Waals surface area contributed by atoms with E-state index in [4.69, 9.17) is 14.7 Å². The number of hydrogen-bond acceptors (Lipinski definition) is 5. The maximum Gasteiger partial charge on any atom is 0.230 e. The number of amides is 1. The van der Waals surface area contributed by atoms with Crippen molar-refractivity contribution in [3.8, 4) is 0 Å². The highest BCUT2D eigenvalue weighted by Gasteiger charge is 2.15. The zero-order valence-electron chi connectivity index (χ0n) is 14.3. The summed E-state index contributed by atoms with van der Waals surface area (Å²) >= 11 is 1.41. The highest BCUT2D eigenvalue weighted by Crippen LogP contribution is 2.28. The summed E-state index contributed by atoms with van der Waals surface area (Å²) < 4.78 is 6.98. The summed E-state index contributed by atoms with van der Waals surface area (Å²) in [6, 6.07) is 15.9. The van der Waals surface area contributed by atoms with Gasteiger partial charge in [0, 0.05) is 19.0 Å². The van der Waals surface area contributed by atoms with E-state index in [1.54, 1.807) is 7.11 Å². The van der Waals surface area contributed by atoms with E-state index in [0.717, 1.165) is 32.7 Å². The fourth-order valence-corrected chi connectivity index (χ4v) is 3.72. The van der Waals surface area contributed by atoms with Crippen molar-refractivity contribution in [1.82, 2.24) is 19.7 Å². The maximum atomic E-state index is 12.1. The van der Waals surface area contributed by atoms with E-state index in [9.17, 15) is 4.79 Å². The fraction of sp³-hybridized carbons (Fsp3) is 0.211. The van der Waals surface area contributed by atoms with Crippen molar-refractivity contribution < 1.29 is 9.53 Å². The lowest BCUT2D eigenvalue weighted by Crippen LogP contribution is -2.28. The van der Waals surface area contributed by atoms with E-state index in [2.05, 4.69) is 5.32 Å². The van der Waals surface area contributed by atoms with Crippen molar-refractivity contribution in [2.24, 2.45) is 0 Å². The minimum atomic E-state index is -0.0421. The van der Waals surface area contributed by atoms with Crippen molar-refractivity contribution >= 4 is 45.3 Å². The molecule has 0 radical (unpaired) electrons. The number of nitrogens with zero attached hydrogens (tertiary/aromatic N) is 3. The molecular weight excluding hydrogens is 348 g/mol. The quantitative estimate of drug-likeness (QED) is 0.323. The van der Waals surface area contributed by atoms with Crippen LogP contribution in [0.1, 0.15) is 0 Å². The molecule has 0 saturated carbocycles. The maximum absolute atomic E-state index is 12.1. The molecule has 0 aliphatic heterocycles. The van der Waals surface area contributed by atoms with Crippen molar-refractivity contribution in [3.05, 3.63) is 48.5 Å². The van der Waals surface area contributed by atoms with Crippen LogP contribution < -0.4 is 5.32 Å². The number of thioether (sulfide) groups is 1. The van der Waals surface area contributed by atoms with Crippen LogP contribution in [0.5, 0.6) is 0 Å². The highest BCUT2D eigenvalue weighted by molar-refractivity contribution is 7.99. The summed E-state index contributed by atoms with van der Waals surface area (Å²) in [6.45, 7) is 1.01. The van der Waals surface area contributed by atoms with Crippen LogP contribution >= 0.6 is 11.8 Å². The lowest BCUT2D eigenvalue weighted by molar-refractivity contribution is -0.118. The van der Waals surface area contributed by atoms with Gasteiger partial charge in [0.1, 0.15) is 5.65 Å². The van der Waals surface area contributed by atoms with Gasteiger partial charge in [-0.2, -0.15) is 0 Å². The van der Waals surface area contributed by atoms with Crippen molar-refractivity contribution in [3.63, 3.8) is 0 Å². The number of nitrogens with one attached hydrogen (secondary N) is 1. The molecule has 0 atom stereocenters. The lowest BCUT2D eigenvalue weighted by Gasteiger charge is -2.08. The monoisotopic (exact) mass is 366 g/mol. The zero-order chi connectivity index (χ0) is 17.9. The molecule has 0 fully saturated rings. The third kappa shape index (κ3) is 3.11. The summed E-state index contributed by atoms with van der Waals surface area (Å²) in [7, 11) is 1.61. The fourth-order valence-electron chi connectivity index (χ4n) is 2.88. The number of aromatic nitrogens is 3. The van der Waals surface area contributed by atoms with Crippen molar-refractivity contribution in [2.75, 3.05) is 26.0 Å². The van der Waals surface area contributed by atoms with Gasteiger partial charge in [0.2, 0.25) is 5.91 Å². The summed E-state index contributed by atoms with van der Waals surface area (Å²) in [6.07, 6.45) is 0. The molecule has 0 bridgehead atoms. The van der Waals surface area contributed by atoms with Crippen LogP contribution in [0.15, 0.2) is 53.7 Å². The average Bonchev–Trinajstić information content (AvgIpc) is 3.06. The molecule has 1 amide bonds. The Labute approximate surface area is 154 Å². The normalized spacial score (nSPS) is 11.4. The van der Waals surface area contributed by atoms with Gasteiger partial charge in [-0.25, -0.2) is 9.97 Å². The number of carbonyl (C=O) groups is 1. The molecule has 4 rings (SSSR count). The van der Waals surface area contributed by atoms with E-state index in [1.807, 2.05) is 52.9 Å². The average molecular weight is 366 g/mol. The van der Waals surface area contributed by atoms with Crippen LogP contribution in [0.2, 0.25) is 0 Å². The molecule has 132 valence electrons. The summed E-state index contributed by atoms with van der Waals surface area (Å²) in [4.78, 5) is 21.6. The van der Waals surface area contributed by atoms with Gasteiger partial charge >= 0.3 is 0 Å². The Morgan fingerprint density at radius 1 is 1.12 bits per heavy atom. The number of ether oxygens (including phenoxy) is 1. The molecule has 6 nitrogen and oxygen atoms in total.